The molecule has 4 heavy (non-hydrogen) atoms. The summed E-state index contributed by atoms with van der Waals surface area (Å²) in [6.07, 6.45) is 0. The van der Waals surface area contributed by atoms with Crippen LogP contribution in [-0.4, -0.2) is 17.9 Å². The van der Waals surface area contributed by atoms with Crippen molar-refractivity contribution in [3.8, 4) is 0 Å². The minimum Gasteiger partial charge on any atom is -0.350 e. The second-order valence-electron chi connectivity index (χ2n) is 0.464. The molecule has 3 heteroatoms. The summed E-state index contributed by atoms with van der Waals surface area (Å²) in [4.78, 5) is 11.6. The highest BCUT2D eigenvalue weighted by Crippen LogP contribution is 2.12. The van der Waals surface area contributed by atoms with Crippen molar-refractivity contribution in [3.05, 3.63) is 0 Å². The fourth-order valence-electron chi connectivity index (χ4n) is 0. The number of rotatable bonds is 1. The van der Waals surface area contributed by atoms with Gasteiger partial charge in [0.2, 0.25) is 1.43 Å². The molecule has 0 aromatic rings. The molecule has 26 valence electrons. The van der Waals surface area contributed by atoms with E-state index in [0.29, 0.717) is 0 Å². The Kier molecular flexibility index (Phi) is 1.06. The van der Waals surface area contributed by atoms with E-state index in [4.69, 9.17) is 6.32 Å². The van der Waals surface area contributed by atoms with Gasteiger partial charge in [-0.3, -0.25) is 0 Å². The molecule has 0 aromatic heterocycles. The summed E-state index contributed by atoms with van der Waals surface area (Å²) in [7, 11) is -1.43. The summed E-state index contributed by atoms with van der Waals surface area (Å²) < 4.78 is 5.94. The lowest BCUT2D eigenvalue weighted by atomic mass is 12.0. The third kappa shape index (κ3) is 35.0. The van der Waals surface area contributed by atoms with Crippen molar-refractivity contribution in [1.82, 2.24) is 0 Å². The van der Waals surface area contributed by atoms with Crippen molar-refractivity contribution in [3.63, 3.8) is 0 Å². The van der Waals surface area contributed by atoms with E-state index in [1.54, 1.807) is 0 Å². The largest absolute Gasteiger partial charge is 0.350 e. The Morgan fingerprint density at radius 1 is 2.25 bits per heavy atom. The highest BCUT2D eigenvalue weighted by molar-refractivity contribution is 7.44. The first kappa shape index (κ1) is 2.58. The van der Waals surface area contributed by atoms with Crippen LogP contribution >= 0.6 is 8.38 Å². The molecule has 2 N–H and O–H groups in total. The van der Waals surface area contributed by atoms with Gasteiger partial charge in [-0.25, -0.2) is 0 Å². The summed E-state index contributed by atoms with van der Waals surface area (Å²) in [5.74, 6) is 0. The molecule has 0 bridgehead atoms. The zero-order valence-electron chi connectivity index (χ0n) is 3.30. The van der Waals surface area contributed by atoms with Gasteiger partial charge in [-0.05, 0) is 0 Å². The maximum atomic E-state index is 8.02. The lowest BCUT2D eigenvalue weighted by molar-refractivity contribution is 0.491. The predicted molar refractivity (Wildman–Crippen MR) is 17.3 cm³/mol. The summed E-state index contributed by atoms with van der Waals surface area (Å²) >= 11 is 0. The molecule has 0 saturated carbocycles. The molecule has 0 heterocycles. The van der Waals surface area contributed by atoms with E-state index in [2.05, 4.69) is 4.90 Å². The van der Waals surface area contributed by atoms with Crippen molar-refractivity contribution >= 4 is 8.38 Å². The topological polar surface area (TPSA) is 40.5 Å². The molecule has 0 aromatic carbocycles. The monoisotopic (exact) mass is 81.0 g/mol. The van der Waals surface area contributed by atoms with Crippen molar-refractivity contribution in [1.29, 1.82) is 1.43 Å². The molecule has 0 amide bonds. The average Bonchev–Trinajstić information content (AvgIpc) is 1.38. The molecular weight excluding hydrogens is 75.0 g/mol. The van der Waals surface area contributed by atoms with Gasteiger partial charge in [0.25, 0.3) is 0 Å². The van der Waals surface area contributed by atoms with E-state index in [1.165, 1.54) is 6.66 Å². The molecule has 0 saturated heterocycles. The van der Waals surface area contributed by atoms with Gasteiger partial charge in [0, 0.05) is 6.66 Å². The van der Waals surface area contributed by atoms with Crippen molar-refractivity contribution < 1.29 is 9.79 Å². The fraction of sp³-hybridized carbons (Fsp3) is 1.00. The minimum absolute atomic E-state index is 1.43. The summed E-state index contributed by atoms with van der Waals surface area (Å²) in [5, 5.41) is 0. The van der Waals surface area contributed by atoms with E-state index in [0.717, 1.165) is 0 Å². The standard InChI is InChI=1S/CH5O2P/c1-4(2)3/h2-3H,1H3/i2D. The van der Waals surface area contributed by atoms with Crippen LogP contribution in [0, 0.1) is 0 Å². The molecule has 0 radical (unpaired) electrons. The van der Waals surface area contributed by atoms with Crippen LogP contribution in [0.1, 0.15) is 0 Å². The zero-order valence-corrected chi connectivity index (χ0v) is 3.20. The smallest absolute Gasteiger partial charge is 0.218 e. The molecule has 2 nitrogen and oxygen atoms in total. The highest BCUT2D eigenvalue weighted by atomic mass is 31.2. The maximum absolute atomic E-state index is 8.02. The Balaban J connectivity index is 2.54. The van der Waals surface area contributed by atoms with Crippen molar-refractivity contribution in [2.75, 3.05) is 6.66 Å². The number of hydrogen-bond donors (Lipinski definition) is 2. The van der Waals surface area contributed by atoms with E-state index in [1.807, 2.05) is 0 Å². The molecule has 0 aliphatic carbocycles. The Hall–Kier alpha value is 0.350. The predicted octanol–water partition coefficient (Wildman–Crippen LogP) is -0.0873. The van der Waals surface area contributed by atoms with Crippen LogP contribution in [0.4, 0.5) is 0 Å². The first-order valence-electron chi connectivity index (χ1n) is 1.24. The number of hydrogen-bond acceptors (Lipinski definition) is 2. The molecule has 1 unspecified atom stereocenters. The van der Waals surface area contributed by atoms with Crippen LogP contribution in [0.2, 0.25) is 0 Å². The third-order valence-electron chi connectivity index (χ3n) is 0. The Morgan fingerprint density at radius 3 is 2.50 bits per heavy atom. The van der Waals surface area contributed by atoms with Crippen LogP contribution in [0.3, 0.4) is 0 Å². The van der Waals surface area contributed by atoms with E-state index in [9.17, 15) is 0 Å². The van der Waals surface area contributed by atoms with Gasteiger partial charge in [0.05, 0.1) is 0 Å². The molecule has 1 atom stereocenters. The zero-order chi connectivity index (χ0) is 4.28. The highest BCUT2D eigenvalue weighted by Gasteiger charge is 1.72. The maximum Gasteiger partial charge on any atom is 0.218 e. The SMILES string of the molecule is [2H]OP(C)O. The van der Waals surface area contributed by atoms with E-state index in [-0.39, 0.29) is 0 Å². The average molecular weight is 81.0 g/mol. The lowest BCUT2D eigenvalue weighted by Crippen LogP contribution is -1.52. The molecule has 0 fully saturated rings. The summed E-state index contributed by atoms with van der Waals surface area (Å²) in [6, 6.07) is 0. The lowest BCUT2D eigenvalue weighted by Gasteiger charge is -1.79. The molecule has 0 spiro atoms. The Bertz CT molecular complexity index is 23.6. The van der Waals surface area contributed by atoms with Gasteiger partial charge in [0.1, 0.15) is 0 Å². The third-order valence-corrected chi connectivity index (χ3v) is 0. The molecule has 0 aliphatic heterocycles. The van der Waals surface area contributed by atoms with Crippen LogP contribution in [-0.2, 0) is 0 Å². The van der Waals surface area contributed by atoms with E-state index < -0.39 is 8.38 Å². The van der Waals surface area contributed by atoms with Crippen LogP contribution in [0.25, 0.3) is 0 Å². The van der Waals surface area contributed by atoms with Gasteiger partial charge in [-0.1, -0.05) is 0 Å². The van der Waals surface area contributed by atoms with Gasteiger partial charge in [-0.2, -0.15) is 0 Å². The van der Waals surface area contributed by atoms with Crippen molar-refractivity contribution in [2.45, 2.75) is 0 Å². The summed E-state index contributed by atoms with van der Waals surface area (Å²) in [5.41, 5.74) is 0. The fourth-order valence-corrected chi connectivity index (χ4v) is 0. The van der Waals surface area contributed by atoms with Gasteiger partial charge in [0.15, 0.2) is 8.38 Å². The minimum atomic E-state index is -1.43. The first-order chi connectivity index (χ1) is 2.27. The van der Waals surface area contributed by atoms with Crippen LogP contribution in [0.15, 0.2) is 0 Å². The first-order valence-corrected chi connectivity index (χ1v) is 2.49. The second-order valence-corrected chi connectivity index (χ2v) is 1.39. The molecular formula is CH5O2P. The van der Waals surface area contributed by atoms with Gasteiger partial charge >= 0.3 is 0 Å². The van der Waals surface area contributed by atoms with Gasteiger partial charge < -0.3 is 9.79 Å². The van der Waals surface area contributed by atoms with E-state index >= 15 is 0 Å². The van der Waals surface area contributed by atoms with Crippen LogP contribution in [0.5, 0.6) is 0 Å². The Morgan fingerprint density at radius 2 is 2.50 bits per heavy atom. The Labute approximate surface area is 27.5 Å². The quantitative estimate of drug-likeness (QED) is 0.433. The van der Waals surface area contributed by atoms with Gasteiger partial charge in [-0.15, -0.1) is 0 Å². The normalized spacial score (nSPS) is 19.0. The van der Waals surface area contributed by atoms with Crippen molar-refractivity contribution in [2.24, 2.45) is 0 Å². The second kappa shape index (κ2) is 1.65. The van der Waals surface area contributed by atoms with Crippen LogP contribution < -0.4 is 0 Å². The molecule has 0 rings (SSSR count). The summed E-state index contributed by atoms with van der Waals surface area (Å²) in [6.45, 7) is 1.43. The molecule has 0 aliphatic rings.